The zero-order chi connectivity index (χ0) is 29.4. The Balaban J connectivity index is 1.44. The number of carbonyl (C=O) groups is 4. The van der Waals surface area contributed by atoms with Crippen LogP contribution in [0.1, 0.15) is 33.4 Å². The largest absolute Gasteiger partial charge is 0.478 e. The van der Waals surface area contributed by atoms with E-state index in [1.165, 1.54) is 42.3 Å². The number of carboxylic acids is 1. The first-order valence-electron chi connectivity index (χ1n) is 12.2. The number of benzene rings is 3. The summed E-state index contributed by atoms with van der Waals surface area (Å²) in [5.74, 6) is -2.21. The van der Waals surface area contributed by atoms with Crippen LogP contribution in [0, 0.1) is 0 Å². The Morgan fingerprint density at radius 1 is 0.902 bits per heavy atom. The molecule has 208 valence electrons. The molecule has 0 bridgehead atoms. The Bertz CT molecular complexity index is 1610. The fourth-order valence-corrected chi connectivity index (χ4v) is 4.70. The van der Waals surface area contributed by atoms with Gasteiger partial charge in [0.15, 0.2) is 0 Å². The minimum atomic E-state index is -1.20. The molecule has 0 saturated carbocycles. The van der Waals surface area contributed by atoms with E-state index in [9.17, 15) is 24.3 Å². The van der Waals surface area contributed by atoms with E-state index in [4.69, 9.17) is 16.0 Å². The molecule has 3 aromatic carbocycles. The van der Waals surface area contributed by atoms with Crippen molar-refractivity contribution in [2.75, 3.05) is 10.6 Å². The number of carbonyl (C=O) groups excluding carboxylic acids is 3. The van der Waals surface area contributed by atoms with Crippen molar-refractivity contribution in [3.63, 3.8) is 0 Å². The van der Waals surface area contributed by atoms with Crippen molar-refractivity contribution >= 4 is 64.5 Å². The van der Waals surface area contributed by atoms with Gasteiger partial charge in [-0.2, -0.15) is 0 Å². The third-order valence-corrected chi connectivity index (χ3v) is 7.02. The minimum Gasteiger partial charge on any atom is -0.478 e. The molecular formula is C30H24ClN3O6S. The number of thioether (sulfide) groups is 1. The predicted octanol–water partition coefficient (Wildman–Crippen LogP) is 6.16. The van der Waals surface area contributed by atoms with Gasteiger partial charge in [-0.05, 0) is 67.6 Å². The van der Waals surface area contributed by atoms with Crippen LogP contribution in [-0.2, 0) is 9.59 Å². The first-order valence-corrected chi connectivity index (χ1v) is 13.5. The second kappa shape index (κ2) is 13.5. The van der Waals surface area contributed by atoms with Crippen molar-refractivity contribution in [3.05, 3.63) is 119 Å². The van der Waals surface area contributed by atoms with Crippen molar-refractivity contribution < 1.29 is 28.7 Å². The molecule has 1 aromatic heterocycles. The van der Waals surface area contributed by atoms with E-state index in [0.29, 0.717) is 27.6 Å². The summed E-state index contributed by atoms with van der Waals surface area (Å²) in [6.07, 6.45) is 2.88. The van der Waals surface area contributed by atoms with Crippen molar-refractivity contribution in [2.24, 2.45) is 0 Å². The van der Waals surface area contributed by atoms with Gasteiger partial charge in [-0.1, -0.05) is 35.9 Å². The Morgan fingerprint density at radius 3 is 2.37 bits per heavy atom. The Morgan fingerprint density at radius 2 is 1.66 bits per heavy atom. The van der Waals surface area contributed by atoms with E-state index < -0.39 is 23.0 Å². The fourth-order valence-electron chi connectivity index (χ4n) is 3.57. The Labute approximate surface area is 244 Å². The summed E-state index contributed by atoms with van der Waals surface area (Å²) in [5.41, 5.74) is 0.987. The second-order valence-electron chi connectivity index (χ2n) is 8.62. The Hall–Kier alpha value is -4.80. The number of aromatic carboxylic acids is 1. The minimum absolute atomic E-state index is 0.0247. The van der Waals surface area contributed by atoms with Crippen molar-refractivity contribution in [3.8, 4) is 0 Å². The number of furan rings is 1. The van der Waals surface area contributed by atoms with Crippen LogP contribution in [-0.4, -0.2) is 34.0 Å². The number of nitrogens with one attached hydrogen (secondary N) is 3. The zero-order valence-electron chi connectivity index (χ0n) is 21.6. The summed E-state index contributed by atoms with van der Waals surface area (Å²) in [6, 6.07) is 22.9. The molecule has 4 N–H and O–H groups in total. The van der Waals surface area contributed by atoms with Crippen LogP contribution in [0.15, 0.2) is 106 Å². The van der Waals surface area contributed by atoms with Gasteiger partial charge in [-0.3, -0.25) is 14.4 Å². The lowest BCUT2D eigenvalue weighted by Gasteiger charge is -2.14. The molecule has 1 atom stereocenters. The van der Waals surface area contributed by atoms with E-state index in [2.05, 4.69) is 16.0 Å². The second-order valence-corrected chi connectivity index (χ2v) is 10.4. The summed E-state index contributed by atoms with van der Waals surface area (Å²) in [4.78, 5) is 50.7. The van der Waals surface area contributed by atoms with Gasteiger partial charge in [-0.25, -0.2) is 4.79 Å². The molecule has 4 aromatic rings. The van der Waals surface area contributed by atoms with Gasteiger partial charge in [0.1, 0.15) is 11.5 Å². The summed E-state index contributed by atoms with van der Waals surface area (Å²) in [5, 5.41) is 16.9. The zero-order valence-corrected chi connectivity index (χ0v) is 23.2. The smallest absolute Gasteiger partial charge is 0.337 e. The van der Waals surface area contributed by atoms with Crippen LogP contribution in [0.4, 0.5) is 11.4 Å². The van der Waals surface area contributed by atoms with E-state index in [0.717, 1.165) is 0 Å². The highest BCUT2D eigenvalue weighted by atomic mass is 35.5. The number of hydrogen-bond acceptors (Lipinski definition) is 6. The molecule has 11 heteroatoms. The maximum absolute atomic E-state index is 13.2. The topological polar surface area (TPSA) is 138 Å². The SMILES string of the molecule is CC(Sc1cccc(NC(=O)/C(=C/c2ccco2)NC(=O)c2ccccc2)c1)C(=O)Nc1ccc(Cl)c(C(=O)O)c1. The molecule has 0 aliphatic carbocycles. The number of hydrogen-bond donors (Lipinski definition) is 4. The molecule has 0 radical (unpaired) electrons. The van der Waals surface area contributed by atoms with E-state index in [-0.39, 0.29) is 22.2 Å². The van der Waals surface area contributed by atoms with Gasteiger partial charge in [0.2, 0.25) is 5.91 Å². The standard InChI is InChI=1S/C30H24ClN3O6S/c1-18(27(35)32-21-12-13-25(31)24(16-21)30(38)39)41-23-11-5-9-20(15-23)33-29(37)26(17-22-10-6-14-40-22)34-28(36)19-7-3-2-4-8-19/h2-18H,1H3,(H,32,35)(H,33,37)(H,34,36)(H,38,39)/b26-17-. The van der Waals surface area contributed by atoms with Crippen LogP contribution >= 0.6 is 23.4 Å². The molecule has 3 amide bonds. The highest BCUT2D eigenvalue weighted by molar-refractivity contribution is 8.00. The molecule has 1 heterocycles. The van der Waals surface area contributed by atoms with E-state index in [1.54, 1.807) is 73.7 Å². The molecular weight excluding hydrogens is 566 g/mol. The summed E-state index contributed by atoms with van der Waals surface area (Å²) < 4.78 is 5.32. The fraction of sp³-hybridized carbons (Fsp3) is 0.0667. The van der Waals surface area contributed by atoms with Crippen LogP contribution in [0.3, 0.4) is 0 Å². The third kappa shape index (κ3) is 8.10. The van der Waals surface area contributed by atoms with Gasteiger partial charge in [-0.15, -0.1) is 11.8 Å². The summed E-state index contributed by atoms with van der Waals surface area (Å²) >= 11 is 7.14. The van der Waals surface area contributed by atoms with Crippen molar-refractivity contribution in [1.82, 2.24) is 5.32 Å². The maximum Gasteiger partial charge on any atom is 0.337 e. The number of anilines is 2. The summed E-state index contributed by atoms with van der Waals surface area (Å²) in [7, 11) is 0. The first kappa shape index (κ1) is 29.2. The molecule has 0 aliphatic heterocycles. The van der Waals surface area contributed by atoms with Gasteiger partial charge in [0.25, 0.3) is 11.8 Å². The van der Waals surface area contributed by atoms with Crippen molar-refractivity contribution in [1.29, 1.82) is 0 Å². The molecule has 1 unspecified atom stereocenters. The Kier molecular flexibility index (Phi) is 9.62. The lowest BCUT2D eigenvalue weighted by Crippen LogP contribution is -2.30. The predicted molar refractivity (Wildman–Crippen MR) is 158 cm³/mol. The number of rotatable bonds is 10. The maximum atomic E-state index is 13.2. The van der Waals surface area contributed by atoms with Crippen LogP contribution < -0.4 is 16.0 Å². The van der Waals surface area contributed by atoms with Gasteiger partial charge in [0, 0.05) is 27.9 Å². The van der Waals surface area contributed by atoms with Crippen LogP contribution in [0.25, 0.3) is 6.08 Å². The quantitative estimate of drug-likeness (QED) is 0.128. The number of amides is 3. The van der Waals surface area contributed by atoms with E-state index in [1.807, 2.05) is 0 Å². The average Bonchev–Trinajstić information content (AvgIpc) is 3.47. The van der Waals surface area contributed by atoms with Gasteiger partial charge in [0.05, 0.1) is 22.1 Å². The lowest BCUT2D eigenvalue weighted by atomic mass is 10.2. The average molecular weight is 590 g/mol. The highest BCUT2D eigenvalue weighted by Gasteiger charge is 2.18. The monoisotopic (exact) mass is 589 g/mol. The molecule has 0 saturated heterocycles. The molecule has 0 fully saturated rings. The highest BCUT2D eigenvalue weighted by Crippen LogP contribution is 2.28. The summed E-state index contributed by atoms with van der Waals surface area (Å²) in [6.45, 7) is 1.70. The molecule has 41 heavy (non-hydrogen) atoms. The molecule has 0 aliphatic rings. The number of halogens is 1. The molecule has 0 spiro atoms. The lowest BCUT2D eigenvalue weighted by molar-refractivity contribution is -0.115. The molecule has 4 rings (SSSR count). The first-order chi connectivity index (χ1) is 19.7. The third-order valence-electron chi connectivity index (χ3n) is 5.60. The van der Waals surface area contributed by atoms with Crippen molar-refractivity contribution in [2.45, 2.75) is 17.1 Å². The van der Waals surface area contributed by atoms with Crippen LogP contribution in [0.2, 0.25) is 5.02 Å². The normalized spacial score (nSPS) is 11.8. The molecule has 9 nitrogen and oxygen atoms in total. The van der Waals surface area contributed by atoms with Gasteiger partial charge >= 0.3 is 5.97 Å². The van der Waals surface area contributed by atoms with Crippen LogP contribution in [0.5, 0.6) is 0 Å². The van der Waals surface area contributed by atoms with E-state index >= 15 is 0 Å². The van der Waals surface area contributed by atoms with Gasteiger partial charge < -0.3 is 25.5 Å². The number of carboxylic acid groups (broad SMARTS) is 1.